The molecule has 0 spiro atoms. The number of hydrogen-bond donors (Lipinski definition) is 1. The number of rotatable bonds is 4. The van der Waals surface area contributed by atoms with Crippen molar-refractivity contribution in [2.45, 2.75) is 19.5 Å². The SMILES string of the molecule is CC(NC(=O)Cn1cnc2c1c(=O)n(C)c(=O)n2C)c1cccs1. The lowest BCUT2D eigenvalue weighted by atomic mass is 10.3. The molecule has 0 aromatic carbocycles. The van der Waals surface area contributed by atoms with Gasteiger partial charge in [0.05, 0.1) is 12.4 Å². The van der Waals surface area contributed by atoms with Gasteiger partial charge < -0.3 is 9.88 Å². The van der Waals surface area contributed by atoms with Gasteiger partial charge in [-0.15, -0.1) is 11.3 Å². The number of hydrogen-bond acceptors (Lipinski definition) is 5. The summed E-state index contributed by atoms with van der Waals surface area (Å²) >= 11 is 1.57. The lowest BCUT2D eigenvalue weighted by molar-refractivity contribution is -0.122. The minimum absolute atomic E-state index is 0.0420. The van der Waals surface area contributed by atoms with Crippen LogP contribution >= 0.6 is 11.3 Å². The Morgan fingerprint density at radius 2 is 2.08 bits per heavy atom. The zero-order valence-corrected chi connectivity index (χ0v) is 14.3. The fourth-order valence-corrected chi connectivity index (χ4v) is 3.30. The van der Waals surface area contributed by atoms with Crippen LogP contribution in [0.15, 0.2) is 33.4 Å². The summed E-state index contributed by atoms with van der Waals surface area (Å²) in [7, 11) is 2.95. The molecule has 1 atom stereocenters. The van der Waals surface area contributed by atoms with Crippen LogP contribution in [0, 0.1) is 0 Å². The van der Waals surface area contributed by atoms with Crippen LogP contribution in [0.3, 0.4) is 0 Å². The number of fused-ring (bicyclic) bond motifs is 1. The number of carbonyl (C=O) groups is 1. The van der Waals surface area contributed by atoms with E-state index in [1.165, 1.54) is 22.5 Å². The second kappa shape index (κ2) is 6.08. The average molecular weight is 347 g/mol. The summed E-state index contributed by atoms with van der Waals surface area (Å²) < 4.78 is 3.76. The molecule has 126 valence electrons. The Bertz CT molecular complexity index is 1010. The van der Waals surface area contributed by atoms with Gasteiger partial charge in [0.15, 0.2) is 11.2 Å². The Morgan fingerprint density at radius 1 is 1.33 bits per heavy atom. The maximum absolute atomic E-state index is 12.3. The fraction of sp³-hybridized carbons (Fsp3) is 0.333. The molecule has 8 nitrogen and oxygen atoms in total. The highest BCUT2D eigenvalue weighted by molar-refractivity contribution is 7.10. The first kappa shape index (κ1) is 16.2. The van der Waals surface area contributed by atoms with E-state index in [1.54, 1.807) is 18.4 Å². The average Bonchev–Trinajstić information content (AvgIpc) is 3.20. The summed E-state index contributed by atoms with van der Waals surface area (Å²) in [6.07, 6.45) is 1.40. The predicted molar refractivity (Wildman–Crippen MR) is 91.1 cm³/mol. The van der Waals surface area contributed by atoms with Crippen molar-refractivity contribution in [1.29, 1.82) is 0 Å². The molecule has 24 heavy (non-hydrogen) atoms. The molecule has 0 fully saturated rings. The molecule has 1 N–H and O–H groups in total. The molecular weight excluding hydrogens is 330 g/mol. The molecule has 0 aliphatic heterocycles. The third-order valence-corrected chi connectivity index (χ3v) is 4.93. The van der Waals surface area contributed by atoms with Gasteiger partial charge in [-0.1, -0.05) is 6.07 Å². The number of aromatic nitrogens is 4. The van der Waals surface area contributed by atoms with E-state index in [0.29, 0.717) is 0 Å². The molecule has 3 aromatic rings. The summed E-state index contributed by atoms with van der Waals surface area (Å²) in [4.78, 5) is 41.7. The Labute approximate surface area is 141 Å². The molecule has 3 aromatic heterocycles. The van der Waals surface area contributed by atoms with E-state index in [1.807, 2.05) is 24.4 Å². The van der Waals surface area contributed by atoms with E-state index in [9.17, 15) is 14.4 Å². The second-order valence-electron chi connectivity index (χ2n) is 5.56. The van der Waals surface area contributed by atoms with Crippen molar-refractivity contribution in [3.8, 4) is 0 Å². The number of amides is 1. The molecule has 0 saturated heterocycles. The van der Waals surface area contributed by atoms with E-state index in [2.05, 4.69) is 10.3 Å². The normalized spacial score (nSPS) is 12.5. The predicted octanol–water partition coefficient (Wildman–Crippen LogP) is 0.373. The van der Waals surface area contributed by atoms with E-state index in [0.717, 1.165) is 9.44 Å². The first-order chi connectivity index (χ1) is 11.4. The molecular formula is C15H17N5O3S. The van der Waals surface area contributed by atoms with Gasteiger partial charge in [-0.05, 0) is 18.4 Å². The Kier molecular flexibility index (Phi) is 4.10. The van der Waals surface area contributed by atoms with Gasteiger partial charge in [0.1, 0.15) is 6.54 Å². The topological polar surface area (TPSA) is 90.9 Å². The summed E-state index contributed by atoms with van der Waals surface area (Å²) in [5.74, 6) is -0.230. The quantitative estimate of drug-likeness (QED) is 0.738. The highest BCUT2D eigenvalue weighted by Crippen LogP contribution is 2.18. The zero-order valence-electron chi connectivity index (χ0n) is 13.5. The Morgan fingerprint density at radius 3 is 2.75 bits per heavy atom. The molecule has 9 heteroatoms. The van der Waals surface area contributed by atoms with E-state index >= 15 is 0 Å². The molecule has 0 radical (unpaired) electrons. The van der Waals surface area contributed by atoms with Crippen LogP contribution in [0.1, 0.15) is 17.8 Å². The van der Waals surface area contributed by atoms with Crippen LogP contribution in [-0.4, -0.2) is 24.6 Å². The van der Waals surface area contributed by atoms with Gasteiger partial charge in [-0.2, -0.15) is 0 Å². The molecule has 1 unspecified atom stereocenters. The van der Waals surface area contributed by atoms with Gasteiger partial charge in [0, 0.05) is 19.0 Å². The number of aryl methyl sites for hydroxylation is 1. The highest BCUT2D eigenvalue weighted by atomic mass is 32.1. The standard InChI is InChI=1S/C15H17N5O3S/c1-9(10-5-4-6-24-10)17-11(21)7-20-8-16-13-12(20)14(22)19(3)15(23)18(13)2/h4-6,8-9H,7H2,1-3H3,(H,17,21). The first-order valence-electron chi connectivity index (χ1n) is 7.33. The third kappa shape index (κ3) is 2.67. The maximum Gasteiger partial charge on any atom is 0.332 e. The molecule has 0 aliphatic carbocycles. The monoisotopic (exact) mass is 347 g/mol. The van der Waals surface area contributed by atoms with Crippen LogP contribution in [-0.2, 0) is 25.4 Å². The Hall–Kier alpha value is -2.68. The minimum Gasteiger partial charge on any atom is -0.347 e. The largest absolute Gasteiger partial charge is 0.347 e. The van der Waals surface area contributed by atoms with Crippen LogP contribution in [0.2, 0.25) is 0 Å². The summed E-state index contributed by atoms with van der Waals surface area (Å²) in [5, 5.41) is 4.84. The van der Waals surface area contributed by atoms with Crippen molar-refractivity contribution in [1.82, 2.24) is 24.0 Å². The molecule has 3 heterocycles. The first-order valence-corrected chi connectivity index (χ1v) is 8.21. The van der Waals surface area contributed by atoms with Gasteiger partial charge >= 0.3 is 5.69 Å². The van der Waals surface area contributed by atoms with Gasteiger partial charge in [0.2, 0.25) is 5.91 Å². The van der Waals surface area contributed by atoms with Crippen LogP contribution in [0.25, 0.3) is 11.2 Å². The number of imidazole rings is 1. The van der Waals surface area contributed by atoms with Crippen molar-refractivity contribution in [2.75, 3.05) is 0 Å². The number of carbonyl (C=O) groups excluding carboxylic acids is 1. The maximum atomic E-state index is 12.3. The second-order valence-corrected chi connectivity index (χ2v) is 6.53. The van der Waals surface area contributed by atoms with Crippen LogP contribution in [0.4, 0.5) is 0 Å². The number of thiophene rings is 1. The van der Waals surface area contributed by atoms with Crippen LogP contribution in [0.5, 0.6) is 0 Å². The van der Waals surface area contributed by atoms with Crippen molar-refractivity contribution < 1.29 is 4.79 Å². The molecule has 0 aliphatic rings. The number of nitrogens with zero attached hydrogens (tertiary/aromatic N) is 4. The summed E-state index contributed by atoms with van der Waals surface area (Å²) in [6, 6.07) is 3.77. The fourth-order valence-electron chi connectivity index (χ4n) is 2.57. The zero-order chi connectivity index (χ0) is 17.4. The van der Waals surface area contributed by atoms with Crippen molar-refractivity contribution in [3.05, 3.63) is 49.6 Å². The third-order valence-electron chi connectivity index (χ3n) is 3.88. The number of nitrogens with one attached hydrogen (secondary N) is 1. The van der Waals surface area contributed by atoms with Gasteiger partial charge in [0.25, 0.3) is 5.56 Å². The molecule has 0 bridgehead atoms. The minimum atomic E-state index is -0.468. The molecule has 0 saturated carbocycles. The smallest absolute Gasteiger partial charge is 0.332 e. The summed E-state index contributed by atoms with van der Waals surface area (Å²) in [5.41, 5.74) is -0.418. The Balaban J connectivity index is 1.90. The van der Waals surface area contributed by atoms with E-state index < -0.39 is 11.2 Å². The van der Waals surface area contributed by atoms with E-state index in [-0.39, 0.29) is 29.7 Å². The van der Waals surface area contributed by atoms with E-state index in [4.69, 9.17) is 0 Å². The lowest BCUT2D eigenvalue weighted by Gasteiger charge is -2.13. The van der Waals surface area contributed by atoms with Gasteiger partial charge in [-0.25, -0.2) is 9.78 Å². The van der Waals surface area contributed by atoms with Crippen molar-refractivity contribution in [2.24, 2.45) is 14.1 Å². The van der Waals surface area contributed by atoms with Crippen molar-refractivity contribution in [3.63, 3.8) is 0 Å². The molecule has 1 amide bonds. The lowest BCUT2D eigenvalue weighted by Crippen LogP contribution is -2.38. The summed E-state index contributed by atoms with van der Waals surface area (Å²) in [6.45, 7) is 1.86. The van der Waals surface area contributed by atoms with Crippen LogP contribution < -0.4 is 16.6 Å². The van der Waals surface area contributed by atoms with Crippen molar-refractivity contribution >= 4 is 28.4 Å². The highest BCUT2D eigenvalue weighted by Gasteiger charge is 2.17. The van der Waals surface area contributed by atoms with Gasteiger partial charge in [-0.3, -0.25) is 18.7 Å². The molecule has 3 rings (SSSR count).